The number of Topliss-reactive ketones (excluding diaryl/α,β-unsaturated/α-hetero) is 1. The molecule has 1 N–H and O–H groups in total. The van der Waals surface area contributed by atoms with Crippen molar-refractivity contribution in [1.29, 1.82) is 0 Å². The molecule has 3 aromatic carbocycles. The molecule has 0 radical (unpaired) electrons. The van der Waals surface area contributed by atoms with Gasteiger partial charge in [0, 0.05) is 12.1 Å². The molecule has 0 aromatic heterocycles. The molecule has 1 fully saturated rings. The lowest BCUT2D eigenvalue weighted by atomic mass is 9.94. The van der Waals surface area contributed by atoms with Crippen LogP contribution < -0.4 is 14.4 Å². The van der Waals surface area contributed by atoms with Gasteiger partial charge in [-0.1, -0.05) is 29.8 Å². The van der Waals surface area contributed by atoms with Crippen LogP contribution in [0.4, 0.5) is 14.5 Å². The van der Waals surface area contributed by atoms with E-state index in [1.165, 1.54) is 6.07 Å². The summed E-state index contributed by atoms with van der Waals surface area (Å²) in [5.41, 5.74) is 0.966. The number of aliphatic hydroxyl groups excluding tert-OH is 1. The van der Waals surface area contributed by atoms with Crippen molar-refractivity contribution in [2.45, 2.75) is 26.8 Å². The molecule has 1 unspecified atom stereocenters. The number of ether oxygens (including phenoxy) is 2. The zero-order valence-electron chi connectivity index (χ0n) is 20.0. The number of aryl methyl sites for hydroxylation is 1. The van der Waals surface area contributed by atoms with Gasteiger partial charge in [0.1, 0.15) is 28.9 Å². The topological polar surface area (TPSA) is 76.1 Å². The van der Waals surface area contributed by atoms with Gasteiger partial charge in [0.25, 0.3) is 11.7 Å². The van der Waals surface area contributed by atoms with Crippen LogP contribution in [0, 0.1) is 18.6 Å². The second kappa shape index (κ2) is 10.2. The fourth-order valence-corrected chi connectivity index (χ4v) is 4.29. The van der Waals surface area contributed by atoms with Crippen molar-refractivity contribution in [1.82, 2.24) is 0 Å². The van der Waals surface area contributed by atoms with E-state index in [1.54, 1.807) is 37.3 Å². The molecule has 36 heavy (non-hydrogen) atoms. The van der Waals surface area contributed by atoms with Gasteiger partial charge >= 0.3 is 0 Å². The van der Waals surface area contributed by atoms with Crippen molar-refractivity contribution < 1.29 is 33.0 Å². The van der Waals surface area contributed by atoms with E-state index in [-0.39, 0.29) is 29.2 Å². The van der Waals surface area contributed by atoms with E-state index in [0.29, 0.717) is 24.0 Å². The number of ketones is 1. The van der Waals surface area contributed by atoms with Crippen LogP contribution in [0.2, 0.25) is 0 Å². The lowest BCUT2D eigenvalue weighted by Gasteiger charge is -2.26. The molecule has 1 atom stereocenters. The minimum absolute atomic E-state index is 0.176. The lowest BCUT2D eigenvalue weighted by molar-refractivity contribution is -0.132. The number of aliphatic hydroxyl groups is 1. The van der Waals surface area contributed by atoms with E-state index in [2.05, 4.69) is 0 Å². The van der Waals surface area contributed by atoms with Gasteiger partial charge in [-0.15, -0.1) is 0 Å². The van der Waals surface area contributed by atoms with Crippen LogP contribution in [0.15, 0.2) is 66.2 Å². The van der Waals surface area contributed by atoms with Crippen LogP contribution in [-0.2, 0) is 9.59 Å². The number of nitrogens with zero attached hydrogens (tertiary/aromatic N) is 1. The second-order valence-electron chi connectivity index (χ2n) is 8.20. The predicted molar refractivity (Wildman–Crippen MR) is 131 cm³/mol. The number of hydrogen-bond acceptors (Lipinski definition) is 5. The highest BCUT2D eigenvalue weighted by molar-refractivity contribution is 6.51. The molecular weight excluding hydrogens is 468 g/mol. The lowest BCUT2D eigenvalue weighted by Crippen LogP contribution is -2.30. The quantitative estimate of drug-likeness (QED) is 0.260. The highest BCUT2D eigenvalue weighted by atomic mass is 19.1. The van der Waals surface area contributed by atoms with Crippen LogP contribution >= 0.6 is 0 Å². The molecule has 186 valence electrons. The Balaban J connectivity index is 1.97. The maximum Gasteiger partial charge on any atom is 0.300 e. The smallest absolute Gasteiger partial charge is 0.300 e. The zero-order chi connectivity index (χ0) is 26.0. The average Bonchev–Trinajstić information content (AvgIpc) is 3.10. The van der Waals surface area contributed by atoms with Gasteiger partial charge in [0.2, 0.25) is 0 Å². The number of benzene rings is 3. The first-order valence-electron chi connectivity index (χ1n) is 11.5. The first kappa shape index (κ1) is 24.9. The minimum Gasteiger partial charge on any atom is -0.507 e. The molecule has 1 amide bonds. The Hall–Kier alpha value is -4.20. The van der Waals surface area contributed by atoms with E-state index < -0.39 is 35.1 Å². The third kappa shape index (κ3) is 4.54. The highest BCUT2D eigenvalue weighted by Gasteiger charge is 2.48. The van der Waals surface area contributed by atoms with Crippen molar-refractivity contribution in [3.05, 3.63) is 94.6 Å². The van der Waals surface area contributed by atoms with Crippen LogP contribution in [0.1, 0.15) is 36.6 Å². The molecule has 0 saturated carbocycles. The Morgan fingerprint density at radius 1 is 0.972 bits per heavy atom. The molecule has 6 nitrogen and oxygen atoms in total. The molecule has 3 aromatic rings. The summed E-state index contributed by atoms with van der Waals surface area (Å²) >= 11 is 0. The number of hydrogen-bond donors (Lipinski definition) is 1. The second-order valence-corrected chi connectivity index (χ2v) is 8.20. The Labute approximate surface area is 207 Å². The number of anilines is 1. The first-order chi connectivity index (χ1) is 17.3. The summed E-state index contributed by atoms with van der Waals surface area (Å²) in [4.78, 5) is 27.5. The van der Waals surface area contributed by atoms with Crippen LogP contribution in [0.5, 0.6) is 11.5 Å². The van der Waals surface area contributed by atoms with E-state index in [4.69, 9.17) is 9.47 Å². The third-order valence-electron chi connectivity index (χ3n) is 5.79. The van der Waals surface area contributed by atoms with Crippen molar-refractivity contribution in [2.75, 3.05) is 18.1 Å². The van der Waals surface area contributed by atoms with E-state index >= 15 is 0 Å². The summed E-state index contributed by atoms with van der Waals surface area (Å²) in [6.07, 6.45) is 0. The molecule has 4 rings (SSSR count). The van der Waals surface area contributed by atoms with Gasteiger partial charge in [0.15, 0.2) is 0 Å². The fourth-order valence-electron chi connectivity index (χ4n) is 4.29. The normalized spacial score (nSPS) is 16.9. The summed E-state index contributed by atoms with van der Waals surface area (Å²) in [7, 11) is 0. The number of carbonyl (C=O) groups excluding carboxylic acids is 2. The number of amides is 1. The van der Waals surface area contributed by atoms with Crippen LogP contribution in [0.3, 0.4) is 0 Å². The molecule has 1 aliphatic heterocycles. The molecule has 0 bridgehead atoms. The number of rotatable bonds is 7. The minimum atomic E-state index is -1.16. The first-order valence-corrected chi connectivity index (χ1v) is 11.5. The standard InChI is InChI=1S/C28H25F2NO5/c1-4-35-19-10-11-20(23(15-19)36-5-2)26(32)24-25(17-8-6-7-16(3)13-17)31(28(34)27(24)33)22-12-9-18(29)14-21(22)30/h6-15,25,32H,4-5H2,1-3H3/b26-24-. The summed E-state index contributed by atoms with van der Waals surface area (Å²) in [5, 5.41) is 11.4. The van der Waals surface area contributed by atoms with Crippen molar-refractivity contribution >= 4 is 23.1 Å². The number of carbonyl (C=O) groups is 2. The molecule has 0 spiro atoms. The van der Waals surface area contributed by atoms with Gasteiger partial charge in [-0.3, -0.25) is 14.5 Å². The zero-order valence-corrected chi connectivity index (χ0v) is 20.0. The summed E-state index contributed by atoms with van der Waals surface area (Å²) in [5.74, 6) is -3.60. The van der Waals surface area contributed by atoms with E-state index in [1.807, 2.05) is 19.9 Å². The fraction of sp³-hybridized carbons (Fsp3) is 0.214. The largest absolute Gasteiger partial charge is 0.507 e. The Morgan fingerprint density at radius 3 is 2.39 bits per heavy atom. The van der Waals surface area contributed by atoms with E-state index in [0.717, 1.165) is 22.6 Å². The number of halogens is 2. The summed E-state index contributed by atoms with van der Waals surface area (Å²) in [6, 6.07) is 13.3. The van der Waals surface area contributed by atoms with Crippen molar-refractivity contribution in [3.63, 3.8) is 0 Å². The molecule has 8 heteroatoms. The van der Waals surface area contributed by atoms with Gasteiger partial charge in [-0.05, 0) is 50.6 Å². The predicted octanol–water partition coefficient (Wildman–Crippen LogP) is 5.70. The Morgan fingerprint density at radius 2 is 1.72 bits per heavy atom. The van der Waals surface area contributed by atoms with E-state index in [9.17, 15) is 23.5 Å². The van der Waals surface area contributed by atoms with Crippen molar-refractivity contribution in [3.8, 4) is 11.5 Å². The Bertz CT molecular complexity index is 1370. The van der Waals surface area contributed by atoms with Crippen molar-refractivity contribution in [2.24, 2.45) is 0 Å². The molecule has 1 aliphatic rings. The van der Waals surface area contributed by atoms with Crippen LogP contribution in [0.25, 0.3) is 5.76 Å². The average molecular weight is 494 g/mol. The van der Waals surface area contributed by atoms with Gasteiger partial charge in [-0.2, -0.15) is 0 Å². The third-order valence-corrected chi connectivity index (χ3v) is 5.79. The summed E-state index contributed by atoms with van der Waals surface area (Å²) < 4.78 is 39.7. The molecule has 1 saturated heterocycles. The SMILES string of the molecule is CCOc1ccc(/C(O)=C2/C(=O)C(=O)N(c3ccc(F)cc3F)C2c2cccc(C)c2)c(OCC)c1. The van der Waals surface area contributed by atoms with Gasteiger partial charge < -0.3 is 14.6 Å². The monoisotopic (exact) mass is 493 g/mol. The molecule has 1 heterocycles. The molecular formula is C28H25F2NO5. The Kier molecular flexibility index (Phi) is 7.05. The summed E-state index contributed by atoms with van der Waals surface area (Å²) in [6.45, 7) is 6.10. The van der Waals surface area contributed by atoms with Crippen LogP contribution in [-0.4, -0.2) is 30.0 Å². The van der Waals surface area contributed by atoms with Gasteiger partial charge in [0.05, 0.1) is 36.1 Å². The maximum absolute atomic E-state index is 14.8. The highest BCUT2D eigenvalue weighted by Crippen LogP contribution is 2.44. The maximum atomic E-state index is 14.8. The molecule has 0 aliphatic carbocycles. The van der Waals surface area contributed by atoms with Gasteiger partial charge in [-0.25, -0.2) is 8.78 Å².